The molecule has 0 aliphatic rings. The Morgan fingerprint density at radius 3 is 2.67 bits per heavy atom. The monoisotopic (exact) mass is 242 g/mol. The Morgan fingerprint density at radius 2 is 2.06 bits per heavy atom. The highest BCUT2D eigenvalue weighted by Crippen LogP contribution is 2.24. The van der Waals surface area contributed by atoms with Crippen LogP contribution in [0.25, 0.3) is 0 Å². The van der Waals surface area contributed by atoms with Crippen LogP contribution in [0.4, 0.5) is 0 Å². The van der Waals surface area contributed by atoms with E-state index >= 15 is 0 Å². The number of rotatable bonds is 4. The van der Waals surface area contributed by atoms with Crippen LogP contribution in [0.15, 0.2) is 42.6 Å². The number of hydrogen-bond acceptors (Lipinski definition) is 3. The minimum absolute atomic E-state index is 0.487. The highest BCUT2D eigenvalue weighted by atomic mass is 16.5. The summed E-state index contributed by atoms with van der Waals surface area (Å²) in [6.45, 7) is 4.82. The molecule has 0 aliphatic heterocycles. The van der Waals surface area contributed by atoms with E-state index in [0.717, 1.165) is 11.3 Å². The molecule has 0 saturated heterocycles. The van der Waals surface area contributed by atoms with Gasteiger partial charge in [-0.15, -0.1) is 0 Å². The summed E-state index contributed by atoms with van der Waals surface area (Å²) in [4.78, 5) is 4.22. The highest BCUT2D eigenvalue weighted by Gasteiger charge is 2.03. The van der Waals surface area contributed by atoms with Crippen molar-refractivity contribution in [2.24, 2.45) is 5.73 Å². The van der Waals surface area contributed by atoms with Crippen molar-refractivity contribution >= 4 is 0 Å². The first kappa shape index (κ1) is 12.6. The third-order valence-electron chi connectivity index (χ3n) is 2.78. The Bertz CT molecular complexity index is 506. The maximum absolute atomic E-state index is 5.72. The van der Waals surface area contributed by atoms with Crippen molar-refractivity contribution in [1.82, 2.24) is 4.98 Å². The average Bonchev–Trinajstić information content (AvgIpc) is 2.40. The first-order chi connectivity index (χ1) is 8.69. The van der Waals surface area contributed by atoms with E-state index in [1.807, 2.05) is 30.3 Å². The predicted molar refractivity (Wildman–Crippen MR) is 72.7 cm³/mol. The van der Waals surface area contributed by atoms with Crippen LogP contribution in [0.3, 0.4) is 0 Å². The molecule has 2 rings (SSSR count). The Labute approximate surface area is 108 Å². The van der Waals surface area contributed by atoms with Gasteiger partial charge in [0.1, 0.15) is 5.75 Å². The van der Waals surface area contributed by atoms with Gasteiger partial charge in [0.05, 0.1) is 0 Å². The summed E-state index contributed by atoms with van der Waals surface area (Å²) in [5.74, 6) is 1.89. The molecule has 0 aliphatic carbocycles. The van der Waals surface area contributed by atoms with E-state index in [4.69, 9.17) is 10.5 Å². The molecule has 2 N–H and O–H groups in total. The fraction of sp³-hybridized carbons (Fsp3) is 0.267. The molecule has 0 spiro atoms. The zero-order valence-corrected chi connectivity index (χ0v) is 10.8. The third kappa shape index (κ3) is 3.08. The van der Waals surface area contributed by atoms with Gasteiger partial charge in [0.2, 0.25) is 5.88 Å². The molecule has 18 heavy (non-hydrogen) atoms. The first-order valence-corrected chi connectivity index (χ1v) is 6.12. The van der Waals surface area contributed by atoms with Crippen LogP contribution in [-0.2, 0) is 6.54 Å². The van der Waals surface area contributed by atoms with E-state index in [2.05, 4.69) is 24.9 Å². The second kappa shape index (κ2) is 5.65. The van der Waals surface area contributed by atoms with Crippen molar-refractivity contribution in [3.63, 3.8) is 0 Å². The molecule has 3 heteroatoms. The van der Waals surface area contributed by atoms with E-state index in [9.17, 15) is 0 Å². The zero-order chi connectivity index (χ0) is 13.0. The van der Waals surface area contributed by atoms with Crippen molar-refractivity contribution in [1.29, 1.82) is 0 Å². The topological polar surface area (TPSA) is 48.1 Å². The van der Waals surface area contributed by atoms with Gasteiger partial charge in [-0.3, -0.25) is 0 Å². The molecule has 1 aromatic carbocycles. The predicted octanol–water partition coefficient (Wildman–Crippen LogP) is 3.46. The van der Waals surface area contributed by atoms with Crippen LogP contribution in [0, 0.1) is 0 Å². The summed E-state index contributed by atoms with van der Waals surface area (Å²) in [5, 5.41) is 0. The molecule has 3 nitrogen and oxygen atoms in total. The van der Waals surface area contributed by atoms with Crippen molar-refractivity contribution in [3.05, 3.63) is 53.7 Å². The quantitative estimate of drug-likeness (QED) is 0.893. The number of ether oxygens (including phenoxy) is 1. The smallest absolute Gasteiger partial charge is 0.219 e. The molecule has 0 atom stereocenters. The fourth-order valence-corrected chi connectivity index (χ4v) is 1.65. The van der Waals surface area contributed by atoms with Crippen molar-refractivity contribution in [3.8, 4) is 11.6 Å². The van der Waals surface area contributed by atoms with Crippen molar-refractivity contribution in [2.45, 2.75) is 26.3 Å². The van der Waals surface area contributed by atoms with E-state index < -0.39 is 0 Å². The Kier molecular flexibility index (Phi) is 3.95. The highest BCUT2D eigenvalue weighted by molar-refractivity contribution is 5.33. The molecule has 0 saturated carbocycles. The van der Waals surface area contributed by atoms with E-state index in [1.54, 1.807) is 6.20 Å². The summed E-state index contributed by atoms with van der Waals surface area (Å²) in [6.07, 6.45) is 1.74. The lowest BCUT2D eigenvalue weighted by atomic mass is 10.0. The number of pyridine rings is 1. The van der Waals surface area contributed by atoms with E-state index in [-0.39, 0.29) is 0 Å². The lowest BCUT2D eigenvalue weighted by molar-refractivity contribution is 0.461. The molecule has 1 heterocycles. The lowest BCUT2D eigenvalue weighted by Gasteiger charge is -2.09. The number of nitrogens with two attached hydrogens (primary N) is 1. The summed E-state index contributed by atoms with van der Waals surface area (Å²) in [7, 11) is 0. The SMILES string of the molecule is CC(C)c1cccc(Oc2ccc(CN)cn2)c1. The van der Waals surface area contributed by atoms with Gasteiger partial charge < -0.3 is 10.5 Å². The Morgan fingerprint density at radius 1 is 1.22 bits per heavy atom. The minimum atomic E-state index is 0.487. The minimum Gasteiger partial charge on any atom is -0.439 e. The number of aromatic nitrogens is 1. The molecule has 0 bridgehead atoms. The Balaban J connectivity index is 2.15. The molecule has 0 radical (unpaired) electrons. The van der Waals surface area contributed by atoms with Gasteiger partial charge in [-0.1, -0.05) is 32.0 Å². The second-order valence-corrected chi connectivity index (χ2v) is 4.54. The molecule has 0 fully saturated rings. The molecule has 2 aromatic rings. The normalized spacial score (nSPS) is 10.7. The van der Waals surface area contributed by atoms with Gasteiger partial charge in [-0.05, 0) is 29.2 Å². The van der Waals surface area contributed by atoms with Crippen LogP contribution in [-0.4, -0.2) is 4.98 Å². The van der Waals surface area contributed by atoms with Crippen LogP contribution in [0.1, 0.15) is 30.9 Å². The van der Waals surface area contributed by atoms with Crippen molar-refractivity contribution in [2.75, 3.05) is 0 Å². The average molecular weight is 242 g/mol. The van der Waals surface area contributed by atoms with Gasteiger partial charge >= 0.3 is 0 Å². The summed E-state index contributed by atoms with van der Waals surface area (Å²) in [5.41, 5.74) is 7.78. The largest absolute Gasteiger partial charge is 0.439 e. The third-order valence-corrected chi connectivity index (χ3v) is 2.78. The van der Waals surface area contributed by atoms with E-state index in [1.165, 1.54) is 5.56 Å². The molecule has 0 amide bonds. The maximum atomic E-state index is 5.72. The van der Waals surface area contributed by atoms with Gasteiger partial charge in [-0.2, -0.15) is 0 Å². The molecule has 0 unspecified atom stereocenters. The summed E-state index contributed by atoms with van der Waals surface area (Å²) >= 11 is 0. The summed E-state index contributed by atoms with van der Waals surface area (Å²) < 4.78 is 5.72. The van der Waals surface area contributed by atoms with Gasteiger partial charge in [0.25, 0.3) is 0 Å². The van der Waals surface area contributed by atoms with Gasteiger partial charge in [0.15, 0.2) is 0 Å². The Hall–Kier alpha value is -1.87. The van der Waals surface area contributed by atoms with E-state index in [0.29, 0.717) is 18.3 Å². The molecule has 94 valence electrons. The van der Waals surface area contributed by atoms with Crippen LogP contribution in [0.5, 0.6) is 11.6 Å². The molecule has 1 aromatic heterocycles. The van der Waals surface area contributed by atoms with Crippen LogP contribution >= 0.6 is 0 Å². The number of hydrogen-bond donors (Lipinski definition) is 1. The molecular weight excluding hydrogens is 224 g/mol. The fourth-order valence-electron chi connectivity index (χ4n) is 1.65. The standard InChI is InChI=1S/C15H18N2O/c1-11(2)13-4-3-5-14(8-13)18-15-7-6-12(9-16)10-17-15/h3-8,10-11H,9,16H2,1-2H3. The van der Waals surface area contributed by atoms with Crippen LogP contribution < -0.4 is 10.5 Å². The van der Waals surface area contributed by atoms with Crippen molar-refractivity contribution < 1.29 is 4.74 Å². The zero-order valence-electron chi connectivity index (χ0n) is 10.8. The lowest BCUT2D eigenvalue weighted by Crippen LogP contribution is -1.97. The van der Waals surface area contributed by atoms with Gasteiger partial charge in [0, 0.05) is 18.8 Å². The maximum Gasteiger partial charge on any atom is 0.219 e. The molecular formula is C15H18N2O. The van der Waals surface area contributed by atoms with Crippen LogP contribution in [0.2, 0.25) is 0 Å². The van der Waals surface area contributed by atoms with Gasteiger partial charge in [-0.25, -0.2) is 4.98 Å². The number of benzene rings is 1. The number of nitrogens with zero attached hydrogens (tertiary/aromatic N) is 1. The summed E-state index contributed by atoms with van der Waals surface area (Å²) in [6, 6.07) is 11.8. The second-order valence-electron chi connectivity index (χ2n) is 4.54. The first-order valence-electron chi connectivity index (χ1n) is 6.12.